The number of amides is 2. The normalized spacial score (nSPS) is 15.4. The van der Waals surface area contributed by atoms with Crippen LogP contribution >= 0.6 is 11.8 Å². The Bertz CT molecular complexity index is 366. The number of nitrogens with one attached hydrogen (secondary N) is 1. The lowest BCUT2D eigenvalue weighted by Crippen LogP contribution is -2.49. The summed E-state index contributed by atoms with van der Waals surface area (Å²) in [6.45, 7) is 0.363. The second-order valence-corrected chi connectivity index (χ2v) is 5.44. The fraction of sp³-hybridized carbons (Fsp3) is 0.750. The standard InChI is InChI=1S/C12H19N3O3S/c1-19-8-5-10(11(16)17)14-12(18)15(7-2-6-13)9-3-4-9/h9-10H,2-5,7-8H2,1H3,(H,14,18)(H,16,17)/t10-/m1/s1. The highest BCUT2D eigenvalue weighted by Gasteiger charge is 2.33. The van der Waals surface area contributed by atoms with E-state index in [0.29, 0.717) is 18.7 Å². The van der Waals surface area contributed by atoms with Crippen molar-refractivity contribution in [2.24, 2.45) is 0 Å². The zero-order chi connectivity index (χ0) is 14.3. The quantitative estimate of drug-likeness (QED) is 0.700. The number of urea groups is 1. The van der Waals surface area contributed by atoms with Gasteiger partial charge in [0, 0.05) is 12.6 Å². The molecule has 1 aliphatic carbocycles. The highest BCUT2D eigenvalue weighted by atomic mass is 32.2. The average molecular weight is 285 g/mol. The van der Waals surface area contributed by atoms with Gasteiger partial charge in [-0.2, -0.15) is 17.0 Å². The fourth-order valence-electron chi connectivity index (χ4n) is 1.73. The number of carboxylic acid groups (broad SMARTS) is 1. The third-order valence-electron chi connectivity index (χ3n) is 2.92. The van der Waals surface area contributed by atoms with E-state index in [1.54, 1.807) is 16.7 Å². The molecule has 0 unspecified atom stereocenters. The molecule has 1 rings (SSSR count). The molecule has 0 aromatic carbocycles. The summed E-state index contributed by atoms with van der Waals surface area (Å²) in [5.41, 5.74) is 0. The van der Waals surface area contributed by atoms with Crippen molar-refractivity contribution in [3.8, 4) is 6.07 Å². The maximum absolute atomic E-state index is 12.0. The van der Waals surface area contributed by atoms with Crippen LogP contribution in [0.15, 0.2) is 0 Å². The summed E-state index contributed by atoms with van der Waals surface area (Å²) in [6, 6.07) is 0.947. The van der Waals surface area contributed by atoms with Crippen LogP contribution in [-0.4, -0.2) is 52.6 Å². The van der Waals surface area contributed by atoms with Crippen molar-refractivity contribution < 1.29 is 14.7 Å². The molecule has 0 radical (unpaired) electrons. The molecule has 0 heterocycles. The Balaban J connectivity index is 2.52. The highest BCUT2D eigenvalue weighted by Crippen LogP contribution is 2.27. The van der Waals surface area contributed by atoms with Crippen LogP contribution in [0.5, 0.6) is 0 Å². The Labute approximate surface area is 117 Å². The predicted molar refractivity (Wildman–Crippen MR) is 72.9 cm³/mol. The van der Waals surface area contributed by atoms with Crippen molar-refractivity contribution in [1.29, 1.82) is 5.26 Å². The Morgan fingerprint density at radius 2 is 2.26 bits per heavy atom. The minimum absolute atomic E-state index is 0.170. The van der Waals surface area contributed by atoms with Gasteiger partial charge in [0.25, 0.3) is 0 Å². The molecule has 106 valence electrons. The number of thioether (sulfide) groups is 1. The summed E-state index contributed by atoms with van der Waals surface area (Å²) >= 11 is 1.54. The van der Waals surface area contributed by atoms with Gasteiger partial charge in [-0.1, -0.05) is 0 Å². The minimum atomic E-state index is -1.02. The van der Waals surface area contributed by atoms with Gasteiger partial charge in [0.1, 0.15) is 6.04 Å². The van der Waals surface area contributed by atoms with Crippen LogP contribution in [0.2, 0.25) is 0 Å². The van der Waals surface area contributed by atoms with Crippen molar-refractivity contribution in [2.75, 3.05) is 18.6 Å². The Morgan fingerprint density at radius 1 is 1.58 bits per heavy atom. The van der Waals surface area contributed by atoms with E-state index >= 15 is 0 Å². The van der Waals surface area contributed by atoms with Crippen LogP contribution in [-0.2, 0) is 4.79 Å². The number of aliphatic carboxylic acids is 1. The maximum atomic E-state index is 12.0. The van der Waals surface area contributed by atoms with Crippen LogP contribution in [0, 0.1) is 11.3 Å². The van der Waals surface area contributed by atoms with Gasteiger partial charge in [0.05, 0.1) is 12.5 Å². The van der Waals surface area contributed by atoms with E-state index in [4.69, 9.17) is 10.4 Å². The van der Waals surface area contributed by atoms with Gasteiger partial charge in [-0.15, -0.1) is 0 Å². The number of nitriles is 1. The van der Waals surface area contributed by atoms with E-state index in [2.05, 4.69) is 5.32 Å². The zero-order valence-corrected chi connectivity index (χ0v) is 11.8. The van der Waals surface area contributed by atoms with E-state index < -0.39 is 12.0 Å². The molecule has 1 aliphatic rings. The van der Waals surface area contributed by atoms with Crippen LogP contribution in [0.4, 0.5) is 4.79 Å². The van der Waals surface area contributed by atoms with Gasteiger partial charge < -0.3 is 15.3 Å². The number of carbonyl (C=O) groups excluding carboxylic acids is 1. The maximum Gasteiger partial charge on any atom is 0.326 e. The third kappa shape index (κ3) is 5.39. The predicted octanol–water partition coefficient (Wildman–Crippen LogP) is 1.28. The van der Waals surface area contributed by atoms with Gasteiger partial charge in [-0.3, -0.25) is 0 Å². The smallest absolute Gasteiger partial charge is 0.326 e. The average Bonchev–Trinajstić information content (AvgIpc) is 3.19. The molecular weight excluding hydrogens is 266 g/mol. The highest BCUT2D eigenvalue weighted by molar-refractivity contribution is 7.98. The first kappa shape index (κ1) is 15.6. The summed E-state index contributed by atoms with van der Waals surface area (Å²) in [5, 5.41) is 20.2. The molecule has 0 aromatic rings. The summed E-state index contributed by atoms with van der Waals surface area (Å²) in [5.74, 6) is -0.336. The molecule has 0 saturated heterocycles. The summed E-state index contributed by atoms with van der Waals surface area (Å²) in [4.78, 5) is 24.7. The van der Waals surface area contributed by atoms with E-state index in [1.807, 2.05) is 12.3 Å². The van der Waals surface area contributed by atoms with E-state index in [1.165, 1.54) is 0 Å². The van der Waals surface area contributed by atoms with Gasteiger partial charge in [-0.05, 0) is 31.3 Å². The first-order valence-corrected chi connectivity index (χ1v) is 7.65. The number of carboxylic acids is 1. The molecule has 2 N–H and O–H groups in total. The topological polar surface area (TPSA) is 93.4 Å². The summed E-state index contributed by atoms with van der Waals surface area (Å²) in [6.07, 6.45) is 4.43. The van der Waals surface area contributed by atoms with Crippen LogP contribution in [0.25, 0.3) is 0 Å². The molecule has 1 fully saturated rings. The van der Waals surface area contributed by atoms with E-state index in [-0.39, 0.29) is 18.5 Å². The summed E-state index contributed by atoms with van der Waals surface area (Å²) < 4.78 is 0. The van der Waals surface area contributed by atoms with Gasteiger partial charge in [0.2, 0.25) is 0 Å². The van der Waals surface area contributed by atoms with Crippen LogP contribution in [0.3, 0.4) is 0 Å². The number of hydrogen-bond donors (Lipinski definition) is 2. The lowest BCUT2D eigenvalue weighted by molar-refractivity contribution is -0.139. The molecular formula is C12H19N3O3S. The molecule has 0 spiro atoms. The van der Waals surface area contributed by atoms with Crippen LogP contribution in [0.1, 0.15) is 25.7 Å². The van der Waals surface area contributed by atoms with E-state index in [0.717, 1.165) is 12.8 Å². The van der Waals surface area contributed by atoms with Gasteiger partial charge in [0.15, 0.2) is 0 Å². The van der Waals surface area contributed by atoms with Gasteiger partial charge in [-0.25, -0.2) is 9.59 Å². The number of rotatable bonds is 8. The number of nitrogens with zero attached hydrogens (tertiary/aromatic N) is 2. The van der Waals surface area contributed by atoms with Crippen molar-refractivity contribution in [3.63, 3.8) is 0 Å². The minimum Gasteiger partial charge on any atom is -0.480 e. The monoisotopic (exact) mass is 285 g/mol. The number of hydrogen-bond acceptors (Lipinski definition) is 4. The second-order valence-electron chi connectivity index (χ2n) is 4.45. The first-order chi connectivity index (χ1) is 9.10. The second kappa shape index (κ2) is 7.89. The van der Waals surface area contributed by atoms with Crippen molar-refractivity contribution in [2.45, 2.75) is 37.8 Å². The largest absolute Gasteiger partial charge is 0.480 e. The molecule has 1 atom stereocenters. The molecule has 1 saturated carbocycles. The Kier molecular flexibility index (Phi) is 6.50. The van der Waals surface area contributed by atoms with Crippen molar-refractivity contribution >= 4 is 23.8 Å². The third-order valence-corrected chi connectivity index (χ3v) is 3.56. The van der Waals surface area contributed by atoms with Gasteiger partial charge >= 0.3 is 12.0 Å². The van der Waals surface area contributed by atoms with Crippen molar-refractivity contribution in [1.82, 2.24) is 10.2 Å². The molecule has 19 heavy (non-hydrogen) atoms. The first-order valence-electron chi connectivity index (χ1n) is 6.26. The van der Waals surface area contributed by atoms with Crippen molar-refractivity contribution in [3.05, 3.63) is 0 Å². The lowest BCUT2D eigenvalue weighted by atomic mass is 10.2. The molecule has 2 amide bonds. The zero-order valence-electron chi connectivity index (χ0n) is 11.0. The molecule has 0 aromatic heterocycles. The summed E-state index contributed by atoms with van der Waals surface area (Å²) in [7, 11) is 0. The molecule has 0 aliphatic heterocycles. The van der Waals surface area contributed by atoms with Crippen LogP contribution < -0.4 is 5.32 Å². The molecule has 7 heteroatoms. The fourth-order valence-corrected chi connectivity index (χ4v) is 2.20. The Hall–Kier alpha value is -1.42. The van der Waals surface area contributed by atoms with E-state index in [9.17, 15) is 9.59 Å². The SMILES string of the molecule is CSCC[C@@H](NC(=O)N(CCC#N)C1CC1)C(=O)O. The molecule has 6 nitrogen and oxygen atoms in total. The Morgan fingerprint density at radius 3 is 2.74 bits per heavy atom. The molecule has 0 bridgehead atoms. The lowest BCUT2D eigenvalue weighted by Gasteiger charge is -2.24. The number of carbonyl (C=O) groups is 2.